The SMILES string of the molecule is CC(=O)Nc1cccc(C(=O)NC(=NCc2ccncc2)Nc2ccccc2C)c1. The monoisotopic (exact) mass is 401 g/mol. The topological polar surface area (TPSA) is 95.5 Å². The fourth-order valence-corrected chi connectivity index (χ4v) is 2.73. The normalized spacial score (nSPS) is 10.9. The summed E-state index contributed by atoms with van der Waals surface area (Å²) < 4.78 is 0. The van der Waals surface area contributed by atoms with Gasteiger partial charge in [0.25, 0.3) is 5.91 Å². The van der Waals surface area contributed by atoms with E-state index >= 15 is 0 Å². The first kappa shape index (κ1) is 20.7. The zero-order valence-electron chi connectivity index (χ0n) is 16.8. The number of carbonyl (C=O) groups is 2. The maximum absolute atomic E-state index is 12.8. The van der Waals surface area contributed by atoms with Crippen LogP contribution in [0.15, 0.2) is 78.0 Å². The third-order valence-electron chi connectivity index (χ3n) is 4.24. The Morgan fingerprint density at radius 3 is 2.47 bits per heavy atom. The van der Waals surface area contributed by atoms with Crippen LogP contribution in [0, 0.1) is 6.92 Å². The van der Waals surface area contributed by atoms with E-state index in [4.69, 9.17) is 0 Å². The van der Waals surface area contributed by atoms with Gasteiger partial charge in [0.1, 0.15) is 0 Å². The summed E-state index contributed by atoms with van der Waals surface area (Å²) >= 11 is 0. The van der Waals surface area contributed by atoms with Gasteiger partial charge in [-0.05, 0) is 54.4 Å². The molecule has 0 atom stereocenters. The maximum Gasteiger partial charge on any atom is 0.258 e. The van der Waals surface area contributed by atoms with Gasteiger partial charge >= 0.3 is 0 Å². The molecule has 0 aliphatic heterocycles. The van der Waals surface area contributed by atoms with E-state index in [-0.39, 0.29) is 11.8 Å². The summed E-state index contributed by atoms with van der Waals surface area (Å²) in [5, 5.41) is 8.71. The van der Waals surface area contributed by atoms with Crippen LogP contribution in [0.25, 0.3) is 0 Å². The number of pyridine rings is 1. The molecule has 0 saturated heterocycles. The third-order valence-corrected chi connectivity index (χ3v) is 4.24. The molecule has 0 aliphatic rings. The highest BCUT2D eigenvalue weighted by molar-refractivity contribution is 6.10. The van der Waals surface area contributed by atoms with Crippen molar-refractivity contribution in [3.8, 4) is 0 Å². The van der Waals surface area contributed by atoms with Crippen molar-refractivity contribution in [3.05, 3.63) is 89.7 Å². The minimum absolute atomic E-state index is 0.201. The summed E-state index contributed by atoms with van der Waals surface area (Å²) in [5.74, 6) is -0.207. The predicted octanol–water partition coefficient (Wildman–Crippen LogP) is 3.75. The lowest BCUT2D eigenvalue weighted by Crippen LogP contribution is -2.36. The minimum Gasteiger partial charge on any atom is -0.326 e. The maximum atomic E-state index is 12.8. The van der Waals surface area contributed by atoms with E-state index in [1.165, 1.54) is 6.92 Å². The van der Waals surface area contributed by atoms with Crippen molar-refractivity contribution in [1.29, 1.82) is 0 Å². The summed E-state index contributed by atoms with van der Waals surface area (Å²) in [5.41, 5.74) is 3.80. The first-order chi connectivity index (χ1) is 14.5. The summed E-state index contributed by atoms with van der Waals surface area (Å²) in [6.07, 6.45) is 3.40. The quantitative estimate of drug-likeness (QED) is 0.448. The number of benzene rings is 2. The van der Waals surface area contributed by atoms with E-state index in [0.29, 0.717) is 23.8 Å². The molecule has 0 spiro atoms. The lowest BCUT2D eigenvalue weighted by atomic mass is 10.2. The molecule has 1 aromatic heterocycles. The molecular formula is C23H23N5O2. The molecule has 1 heterocycles. The molecule has 2 aromatic carbocycles. The number of aliphatic imine (C=N–C) groups is 1. The highest BCUT2D eigenvalue weighted by atomic mass is 16.2. The highest BCUT2D eigenvalue weighted by Crippen LogP contribution is 2.14. The summed E-state index contributed by atoms with van der Waals surface area (Å²) in [6, 6.07) is 18.2. The van der Waals surface area contributed by atoms with Crippen molar-refractivity contribution < 1.29 is 9.59 Å². The number of nitrogens with zero attached hydrogens (tertiary/aromatic N) is 2. The van der Waals surface area contributed by atoms with Crippen LogP contribution in [0.2, 0.25) is 0 Å². The summed E-state index contributed by atoms with van der Waals surface area (Å²) in [6.45, 7) is 3.77. The van der Waals surface area contributed by atoms with Crippen molar-refractivity contribution in [2.24, 2.45) is 4.99 Å². The fourth-order valence-electron chi connectivity index (χ4n) is 2.73. The van der Waals surface area contributed by atoms with Crippen LogP contribution in [0.4, 0.5) is 11.4 Å². The van der Waals surface area contributed by atoms with Crippen LogP contribution >= 0.6 is 0 Å². The number of hydrogen-bond acceptors (Lipinski definition) is 4. The Kier molecular flexibility index (Phi) is 6.89. The molecule has 0 saturated carbocycles. The van der Waals surface area contributed by atoms with Gasteiger partial charge in [0.05, 0.1) is 6.54 Å². The number of anilines is 2. The molecule has 0 unspecified atom stereocenters. The number of guanidine groups is 1. The predicted molar refractivity (Wildman–Crippen MR) is 118 cm³/mol. The second-order valence-electron chi connectivity index (χ2n) is 6.68. The molecule has 3 N–H and O–H groups in total. The van der Waals surface area contributed by atoms with Crippen molar-refractivity contribution in [2.45, 2.75) is 20.4 Å². The van der Waals surface area contributed by atoms with Gasteiger partial charge in [-0.25, -0.2) is 4.99 Å². The number of hydrogen-bond donors (Lipinski definition) is 3. The Labute approximate surface area is 175 Å². The van der Waals surface area contributed by atoms with E-state index in [1.807, 2.05) is 43.3 Å². The van der Waals surface area contributed by atoms with Crippen molar-refractivity contribution in [3.63, 3.8) is 0 Å². The van der Waals surface area contributed by atoms with Gasteiger partial charge in [-0.15, -0.1) is 0 Å². The van der Waals surface area contributed by atoms with Gasteiger partial charge in [-0.3, -0.25) is 19.9 Å². The Morgan fingerprint density at radius 2 is 1.73 bits per heavy atom. The Hall–Kier alpha value is -4.00. The van der Waals surface area contributed by atoms with Crippen LogP contribution in [0.1, 0.15) is 28.4 Å². The van der Waals surface area contributed by atoms with Crippen molar-refractivity contribution >= 4 is 29.1 Å². The van der Waals surface area contributed by atoms with Crippen molar-refractivity contribution in [1.82, 2.24) is 10.3 Å². The van der Waals surface area contributed by atoms with Crippen LogP contribution in [0.3, 0.4) is 0 Å². The molecule has 2 amide bonds. The zero-order valence-corrected chi connectivity index (χ0v) is 16.8. The van der Waals surface area contributed by atoms with E-state index in [1.54, 1.807) is 36.7 Å². The number of aryl methyl sites for hydroxylation is 1. The molecule has 0 aliphatic carbocycles. The molecule has 7 nitrogen and oxygen atoms in total. The molecule has 0 radical (unpaired) electrons. The number of rotatable bonds is 5. The molecule has 0 fully saturated rings. The average molecular weight is 401 g/mol. The number of para-hydroxylation sites is 1. The number of aromatic nitrogens is 1. The van der Waals surface area contributed by atoms with Crippen LogP contribution in [0.5, 0.6) is 0 Å². The third kappa shape index (κ3) is 6.00. The van der Waals surface area contributed by atoms with Gasteiger partial charge in [0.2, 0.25) is 11.9 Å². The Bertz CT molecular complexity index is 1060. The summed E-state index contributed by atoms with van der Waals surface area (Å²) in [4.78, 5) is 32.7. The van der Waals surface area contributed by atoms with Gasteiger partial charge in [0.15, 0.2) is 0 Å². The van der Waals surface area contributed by atoms with Crippen LogP contribution in [-0.2, 0) is 11.3 Å². The molecule has 7 heteroatoms. The fraction of sp³-hybridized carbons (Fsp3) is 0.130. The minimum atomic E-state index is -0.336. The highest BCUT2D eigenvalue weighted by Gasteiger charge is 2.11. The van der Waals surface area contributed by atoms with E-state index in [0.717, 1.165) is 16.8 Å². The van der Waals surface area contributed by atoms with Crippen LogP contribution in [-0.4, -0.2) is 22.8 Å². The van der Waals surface area contributed by atoms with Gasteiger partial charge in [0, 0.05) is 36.3 Å². The molecule has 3 rings (SSSR count). The standard InChI is InChI=1S/C23H23N5O2/c1-16-6-3-4-9-21(16)27-23(25-15-18-10-12-24-13-11-18)28-22(30)19-7-5-8-20(14-19)26-17(2)29/h3-14H,15H2,1-2H3,(H,26,29)(H2,25,27,28,30). The molecule has 152 valence electrons. The number of nitrogens with one attached hydrogen (secondary N) is 3. The van der Waals surface area contributed by atoms with Gasteiger partial charge in [-0.2, -0.15) is 0 Å². The molecule has 30 heavy (non-hydrogen) atoms. The van der Waals surface area contributed by atoms with Gasteiger partial charge < -0.3 is 10.6 Å². The second-order valence-corrected chi connectivity index (χ2v) is 6.68. The summed E-state index contributed by atoms with van der Waals surface area (Å²) in [7, 11) is 0. The lowest BCUT2D eigenvalue weighted by Gasteiger charge is -2.14. The average Bonchev–Trinajstić information content (AvgIpc) is 2.74. The number of amides is 2. The Morgan fingerprint density at radius 1 is 0.967 bits per heavy atom. The van der Waals surface area contributed by atoms with Crippen LogP contribution < -0.4 is 16.0 Å². The second kappa shape index (κ2) is 9.97. The van der Waals surface area contributed by atoms with E-state index in [9.17, 15) is 9.59 Å². The Balaban J connectivity index is 1.81. The molecule has 0 bridgehead atoms. The van der Waals surface area contributed by atoms with E-state index in [2.05, 4.69) is 25.9 Å². The molecular weight excluding hydrogens is 378 g/mol. The largest absolute Gasteiger partial charge is 0.326 e. The lowest BCUT2D eigenvalue weighted by molar-refractivity contribution is -0.114. The van der Waals surface area contributed by atoms with E-state index < -0.39 is 0 Å². The van der Waals surface area contributed by atoms with Gasteiger partial charge in [-0.1, -0.05) is 24.3 Å². The first-order valence-electron chi connectivity index (χ1n) is 9.46. The number of carbonyl (C=O) groups excluding carboxylic acids is 2. The molecule has 3 aromatic rings. The first-order valence-corrected chi connectivity index (χ1v) is 9.46. The smallest absolute Gasteiger partial charge is 0.258 e. The van der Waals surface area contributed by atoms with Crippen molar-refractivity contribution in [2.75, 3.05) is 10.6 Å². The zero-order chi connectivity index (χ0) is 21.3.